The highest BCUT2D eigenvalue weighted by atomic mass is 32.2. The SMILES string of the molecule is COc1ccc(C(=O)Oc2ccc(C=NNC(=O)c3ccc(NS(=O)(=O)c4ccccc4)cc3)cc2OC)cc1. The third-order valence-electron chi connectivity index (χ3n) is 5.55. The van der Waals surface area contributed by atoms with E-state index >= 15 is 0 Å². The minimum absolute atomic E-state index is 0.131. The van der Waals surface area contributed by atoms with Gasteiger partial charge >= 0.3 is 5.97 Å². The standard InChI is InChI=1S/C29H25N3O7S/c1-37-24-15-11-22(12-16-24)29(34)39-26-17-8-20(18-27(26)38-2)19-30-31-28(33)21-9-13-23(14-10-21)32-40(35,36)25-6-4-3-5-7-25/h3-19,32H,1-2H3,(H,31,33). The van der Waals surface area contributed by atoms with E-state index in [2.05, 4.69) is 15.2 Å². The van der Waals surface area contributed by atoms with Gasteiger partial charge in [-0.15, -0.1) is 0 Å². The summed E-state index contributed by atoms with van der Waals surface area (Å²) in [5.41, 5.74) is 3.92. The number of hydrogen-bond acceptors (Lipinski definition) is 8. The Bertz CT molecular complexity index is 1620. The zero-order chi connectivity index (χ0) is 28.5. The number of anilines is 1. The van der Waals surface area contributed by atoms with Gasteiger partial charge in [0.25, 0.3) is 15.9 Å². The molecule has 4 aromatic rings. The average Bonchev–Trinajstić information content (AvgIpc) is 2.98. The molecular weight excluding hydrogens is 534 g/mol. The zero-order valence-electron chi connectivity index (χ0n) is 21.5. The maximum Gasteiger partial charge on any atom is 0.343 e. The fourth-order valence-electron chi connectivity index (χ4n) is 3.47. The highest BCUT2D eigenvalue weighted by molar-refractivity contribution is 7.92. The smallest absolute Gasteiger partial charge is 0.343 e. The Morgan fingerprint density at radius 3 is 2.10 bits per heavy atom. The van der Waals surface area contributed by atoms with E-state index in [1.54, 1.807) is 60.7 Å². The Kier molecular flexibility index (Phi) is 8.77. The van der Waals surface area contributed by atoms with E-state index in [4.69, 9.17) is 14.2 Å². The molecule has 2 N–H and O–H groups in total. The number of carbonyl (C=O) groups excluding carboxylic acids is 2. The molecule has 0 heterocycles. The molecule has 10 nitrogen and oxygen atoms in total. The number of benzene rings is 4. The molecule has 0 aromatic heterocycles. The first-order valence-corrected chi connectivity index (χ1v) is 13.3. The molecule has 0 spiro atoms. The predicted molar refractivity (Wildman–Crippen MR) is 150 cm³/mol. The summed E-state index contributed by atoms with van der Waals surface area (Å²) in [4.78, 5) is 25.1. The largest absolute Gasteiger partial charge is 0.497 e. The monoisotopic (exact) mass is 559 g/mol. The molecule has 0 aliphatic heterocycles. The zero-order valence-corrected chi connectivity index (χ0v) is 22.3. The molecule has 4 aromatic carbocycles. The van der Waals surface area contributed by atoms with Crippen LogP contribution in [0.25, 0.3) is 0 Å². The summed E-state index contributed by atoms with van der Waals surface area (Å²) in [5, 5.41) is 3.96. The molecule has 0 saturated carbocycles. The summed E-state index contributed by atoms with van der Waals surface area (Å²) in [6, 6.07) is 25.2. The van der Waals surface area contributed by atoms with E-state index in [0.717, 1.165) is 0 Å². The van der Waals surface area contributed by atoms with E-state index < -0.39 is 21.9 Å². The quantitative estimate of drug-likeness (QED) is 0.127. The van der Waals surface area contributed by atoms with Crippen LogP contribution in [0.2, 0.25) is 0 Å². The van der Waals surface area contributed by atoms with Crippen molar-refractivity contribution in [1.82, 2.24) is 5.43 Å². The number of sulfonamides is 1. The van der Waals surface area contributed by atoms with Crippen molar-refractivity contribution >= 4 is 33.8 Å². The first-order chi connectivity index (χ1) is 19.3. The first kappa shape index (κ1) is 27.9. The summed E-state index contributed by atoms with van der Waals surface area (Å²) in [5.74, 6) is 0.0746. The van der Waals surface area contributed by atoms with Crippen LogP contribution in [0.1, 0.15) is 26.3 Å². The molecule has 0 unspecified atom stereocenters. The third-order valence-corrected chi connectivity index (χ3v) is 6.95. The van der Waals surface area contributed by atoms with Gasteiger partial charge < -0.3 is 14.2 Å². The molecular formula is C29H25N3O7S. The van der Waals surface area contributed by atoms with Gasteiger partial charge in [0, 0.05) is 11.3 Å². The van der Waals surface area contributed by atoms with Crippen molar-refractivity contribution in [3.8, 4) is 17.2 Å². The van der Waals surface area contributed by atoms with Crippen LogP contribution >= 0.6 is 0 Å². The highest BCUT2D eigenvalue weighted by Gasteiger charge is 2.15. The Morgan fingerprint density at radius 1 is 0.775 bits per heavy atom. The maximum absolute atomic E-state index is 12.5. The van der Waals surface area contributed by atoms with Crippen LogP contribution < -0.4 is 24.4 Å². The lowest BCUT2D eigenvalue weighted by molar-refractivity contribution is 0.0729. The van der Waals surface area contributed by atoms with Gasteiger partial charge in [-0.25, -0.2) is 18.6 Å². The van der Waals surface area contributed by atoms with Crippen LogP contribution in [0.5, 0.6) is 17.2 Å². The van der Waals surface area contributed by atoms with Crippen molar-refractivity contribution in [2.24, 2.45) is 5.10 Å². The number of amides is 1. The Labute approximate surface area is 231 Å². The lowest BCUT2D eigenvalue weighted by Crippen LogP contribution is -2.18. The molecule has 0 saturated heterocycles. The highest BCUT2D eigenvalue weighted by Crippen LogP contribution is 2.28. The van der Waals surface area contributed by atoms with Gasteiger partial charge in [0.1, 0.15) is 5.75 Å². The third kappa shape index (κ3) is 7.03. The molecule has 11 heteroatoms. The topological polar surface area (TPSA) is 132 Å². The van der Waals surface area contributed by atoms with Gasteiger partial charge in [-0.2, -0.15) is 5.10 Å². The second-order valence-electron chi connectivity index (χ2n) is 8.22. The van der Waals surface area contributed by atoms with Crippen molar-refractivity contribution in [3.63, 3.8) is 0 Å². The van der Waals surface area contributed by atoms with E-state index in [1.165, 1.54) is 56.8 Å². The molecule has 0 fully saturated rings. The molecule has 0 aliphatic rings. The van der Waals surface area contributed by atoms with Crippen molar-refractivity contribution in [1.29, 1.82) is 0 Å². The number of methoxy groups -OCH3 is 2. The number of nitrogens with zero attached hydrogens (tertiary/aromatic N) is 1. The number of ether oxygens (including phenoxy) is 3. The van der Waals surface area contributed by atoms with Gasteiger partial charge in [0.05, 0.1) is 30.9 Å². The molecule has 0 atom stereocenters. The van der Waals surface area contributed by atoms with E-state index in [-0.39, 0.29) is 16.2 Å². The maximum atomic E-state index is 12.5. The predicted octanol–water partition coefficient (Wildman–Crippen LogP) is 4.49. The average molecular weight is 560 g/mol. The van der Waals surface area contributed by atoms with Crippen LogP contribution in [0, 0.1) is 0 Å². The summed E-state index contributed by atoms with van der Waals surface area (Å²) >= 11 is 0. The van der Waals surface area contributed by atoms with Crippen LogP contribution in [0.15, 0.2) is 107 Å². The van der Waals surface area contributed by atoms with Gasteiger partial charge in [-0.3, -0.25) is 9.52 Å². The fraction of sp³-hybridized carbons (Fsp3) is 0.0690. The Morgan fingerprint density at radius 2 is 1.45 bits per heavy atom. The normalized spacial score (nSPS) is 11.1. The summed E-state index contributed by atoms with van der Waals surface area (Å²) < 4.78 is 43.3. The minimum atomic E-state index is -3.74. The van der Waals surface area contributed by atoms with Crippen LogP contribution in [0.3, 0.4) is 0 Å². The summed E-state index contributed by atoms with van der Waals surface area (Å²) in [7, 11) is -0.768. The number of hydrazone groups is 1. The van der Waals surface area contributed by atoms with E-state index in [1.807, 2.05) is 0 Å². The molecule has 0 bridgehead atoms. The lowest BCUT2D eigenvalue weighted by Gasteiger charge is -2.10. The first-order valence-electron chi connectivity index (χ1n) is 11.8. The van der Waals surface area contributed by atoms with Gasteiger partial charge in [0.15, 0.2) is 11.5 Å². The van der Waals surface area contributed by atoms with Gasteiger partial charge in [-0.05, 0) is 84.4 Å². The van der Waals surface area contributed by atoms with Gasteiger partial charge in [0.2, 0.25) is 0 Å². The lowest BCUT2D eigenvalue weighted by atomic mass is 10.2. The van der Waals surface area contributed by atoms with Crippen LogP contribution in [0.4, 0.5) is 5.69 Å². The number of esters is 1. The second-order valence-corrected chi connectivity index (χ2v) is 9.91. The Hall–Kier alpha value is -5.16. The second kappa shape index (κ2) is 12.6. The fourth-order valence-corrected chi connectivity index (χ4v) is 4.55. The summed E-state index contributed by atoms with van der Waals surface area (Å²) in [6.45, 7) is 0. The Balaban J connectivity index is 1.35. The number of nitrogens with one attached hydrogen (secondary N) is 2. The van der Waals surface area contributed by atoms with E-state index in [0.29, 0.717) is 28.3 Å². The number of rotatable bonds is 10. The van der Waals surface area contributed by atoms with Crippen molar-refractivity contribution in [2.75, 3.05) is 18.9 Å². The summed E-state index contributed by atoms with van der Waals surface area (Å²) in [6.07, 6.45) is 1.40. The molecule has 0 radical (unpaired) electrons. The van der Waals surface area contributed by atoms with Crippen LogP contribution in [-0.4, -0.2) is 40.7 Å². The number of carbonyl (C=O) groups is 2. The van der Waals surface area contributed by atoms with Crippen molar-refractivity contribution in [2.45, 2.75) is 4.90 Å². The number of hydrogen-bond donors (Lipinski definition) is 2. The van der Waals surface area contributed by atoms with Crippen LogP contribution in [-0.2, 0) is 10.0 Å². The molecule has 204 valence electrons. The molecule has 4 rings (SSSR count). The minimum Gasteiger partial charge on any atom is -0.497 e. The molecule has 0 aliphatic carbocycles. The van der Waals surface area contributed by atoms with Crippen molar-refractivity contribution < 1.29 is 32.2 Å². The molecule has 40 heavy (non-hydrogen) atoms. The van der Waals surface area contributed by atoms with E-state index in [9.17, 15) is 18.0 Å². The molecule has 1 amide bonds. The van der Waals surface area contributed by atoms with Gasteiger partial charge in [-0.1, -0.05) is 18.2 Å². The van der Waals surface area contributed by atoms with Crippen molar-refractivity contribution in [3.05, 3.63) is 114 Å².